The highest BCUT2D eigenvalue weighted by molar-refractivity contribution is 6.29. The second-order valence-electron chi connectivity index (χ2n) is 14.1. The van der Waals surface area contributed by atoms with Crippen molar-refractivity contribution in [3.05, 3.63) is 188 Å². The Hall–Kier alpha value is -7.16. The highest BCUT2D eigenvalue weighted by atomic mass is 16.3. The Kier molecular flexibility index (Phi) is 5.16. The Bertz CT molecular complexity index is 3700. The van der Waals surface area contributed by atoms with Crippen LogP contribution in [0.25, 0.3) is 115 Å². The Balaban J connectivity index is 1.05. The lowest BCUT2D eigenvalue weighted by atomic mass is 9.87. The third-order valence-corrected chi connectivity index (χ3v) is 11.2. The van der Waals surface area contributed by atoms with Crippen molar-refractivity contribution < 1.29 is 11.3 Å². The zero-order chi connectivity index (χ0) is 39.7. The molecule has 0 aliphatic heterocycles. The number of para-hydroxylation sites is 2. The molecule has 0 amide bonds. The van der Waals surface area contributed by atoms with Gasteiger partial charge in [0.2, 0.25) is 0 Å². The summed E-state index contributed by atoms with van der Waals surface area (Å²) in [5.74, 6) is 0. The van der Waals surface area contributed by atoms with Crippen molar-refractivity contribution >= 4 is 76.1 Å². The van der Waals surface area contributed by atoms with Crippen LogP contribution in [-0.4, -0.2) is 4.57 Å². The average Bonchev–Trinajstić information content (AvgIpc) is 3.83. The first-order chi connectivity index (χ1) is 28.9. The number of furan rings is 1. The van der Waals surface area contributed by atoms with Gasteiger partial charge in [-0.1, -0.05) is 145 Å². The number of fused-ring (bicyclic) bond motifs is 7. The van der Waals surface area contributed by atoms with Crippen LogP contribution in [0.1, 0.15) is 6.85 Å². The number of hydrogen-bond donors (Lipinski definition) is 0. The summed E-state index contributed by atoms with van der Waals surface area (Å²) in [6.45, 7) is 0. The molecule has 2 aromatic heterocycles. The van der Waals surface area contributed by atoms with Crippen LogP contribution in [0.3, 0.4) is 0 Å². The molecule has 10 aromatic carbocycles. The van der Waals surface area contributed by atoms with Crippen LogP contribution in [0, 0.1) is 0 Å². The fourth-order valence-electron chi connectivity index (χ4n) is 8.88. The molecule has 54 heavy (non-hydrogen) atoms. The highest BCUT2D eigenvalue weighted by Gasteiger charge is 2.20. The van der Waals surface area contributed by atoms with Gasteiger partial charge in [-0.15, -0.1) is 0 Å². The molecule has 2 heteroatoms. The molecule has 0 saturated heterocycles. The van der Waals surface area contributed by atoms with Crippen molar-refractivity contribution in [1.82, 2.24) is 4.57 Å². The fourth-order valence-corrected chi connectivity index (χ4v) is 8.88. The Morgan fingerprint density at radius 3 is 1.85 bits per heavy atom. The van der Waals surface area contributed by atoms with E-state index >= 15 is 0 Å². The molecular formula is C52H31NO. The molecular weight excluding hydrogens is 655 g/mol. The number of hydrogen-bond acceptors (Lipinski definition) is 1. The summed E-state index contributed by atoms with van der Waals surface area (Å²) in [7, 11) is 0. The van der Waals surface area contributed by atoms with E-state index in [4.69, 9.17) is 11.3 Å². The van der Waals surface area contributed by atoms with Gasteiger partial charge in [0.1, 0.15) is 11.2 Å². The summed E-state index contributed by atoms with van der Waals surface area (Å²) >= 11 is 0. The topological polar surface area (TPSA) is 18.1 Å². The summed E-state index contributed by atoms with van der Waals surface area (Å²) < 4.78 is 51.1. The van der Waals surface area contributed by atoms with E-state index in [0.717, 1.165) is 98.6 Å². The number of rotatable bonds is 4. The van der Waals surface area contributed by atoms with Crippen molar-refractivity contribution in [3.8, 4) is 39.1 Å². The first-order valence-electron chi connectivity index (χ1n) is 20.7. The van der Waals surface area contributed by atoms with Gasteiger partial charge in [-0.3, -0.25) is 0 Å². The minimum Gasteiger partial charge on any atom is -0.456 e. The molecule has 2 nitrogen and oxygen atoms in total. The van der Waals surface area contributed by atoms with E-state index in [-0.39, 0.29) is 29.7 Å². The van der Waals surface area contributed by atoms with Gasteiger partial charge in [0.15, 0.2) is 0 Å². The maximum Gasteiger partial charge on any atom is 0.136 e. The van der Waals surface area contributed by atoms with Gasteiger partial charge < -0.3 is 8.98 Å². The van der Waals surface area contributed by atoms with Gasteiger partial charge in [-0.25, -0.2) is 0 Å². The summed E-state index contributed by atoms with van der Waals surface area (Å²) in [6, 6.07) is 53.7. The molecule has 0 saturated carbocycles. The third kappa shape index (κ3) is 4.17. The first-order valence-corrected chi connectivity index (χ1v) is 18.2. The highest BCUT2D eigenvalue weighted by Crippen LogP contribution is 2.45. The number of nitrogens with zero attached hydrogens (tertiary/aromatic N) is 1. The van der Waals surface area contributed by atoms with Gasteiger partial charge in [0.05, 0.1) is 17.9 Å². The molecule has 0 unspecified atom stereocenters. The minimum absolute atomic E-state index is 0.200. The minimum atomic E-state index is -0.392. The largest absolute Gasteiger partial charge is 0.456 e. The Labute approximate surface area is 318 Å². The van der Waals surface area contributed by atoms with Crippen LogP contribution in [0.2, 0.25) is 0 Å². The molecule has 0 fully saturated rings. The predicted molar refractivity (Wildman–Crippen MR) is 228 cm³/mol. The second kappa shape index (κ2) is 11.2. The van der Waals surface area contributed by atoms with Crippen molar-refractivity contribution in [2.45, 2.75) is 0 Å². The maximum atomic E-state index is 8.75. The fraction of sp³-hybridized carbons (Fsp3) is 0. The van der Waals surface area contributed by atoms with E-state index < -0.39 is 6.04 Å². The van der Waals surface area contributed by atoms with Crippen LogP contribution >= 0.6 is 0 Å². The van der Waals surface area contributed by atoms with Gasteiger partial charge in [0.25, 0.3) is 0 Å². The van der Waals surface area contributed by atoms with E-state index in [1.165, 1.54) is 5.39 Å². The first kappa shape index (κ1) is 24.9. The lowest BCUT2D eigenvalue weighted by Gasteiger charge is -2.17. The molecule has 250 valence electrons. The van der Waals surface area contributed by atoms with Crippen LogP contribution in [0.4, 0.5) is 0 Å². The van der Waals surface area contributed by atoms with Crippen molar-refractivity contribution in [2.24, 2.45) is 0 Å². The molecule has 0 radical (unpaired) electrons. The van der Waals surface area contributed by atoms with Gasteiger partial charge >= 0.3 is 0 Å². The van der Waals surface area contributed by atoms with Crippen molar-refractivity contribution in [2.75, 3.05) is 0 Å². The van der Waals surface area contributed by atoms with E-state index in [9.17, 15) is 0 Å². The Morgan fingerprint density at radius 1 is 0.389 bits per heavy atom. The smallest absolute Gasteiger partial charge is 0.136 e. The Morgan fingerprint density at radius 2 is 1.06 bits per heavy atom. The average molecular weight is 691 g/mol. The monoisotopic (exact) mass is 690 g/mol. The zero-order valence-electron chi connectivity index (χ0n) is 33.9. The van der Waals surface area contributed by atoms with E-state index in [0.29, 0.717) is 5.56 Å². The molecule has 0 spiro atoms. The van der Waals surface area contributed by atoms with Gasteiger partial charge in [0, 0.05) is 27.2 Å². The van der Waals surface area contributed by atoms with Crippen molar-refractivity contribution in [1.29, 1.82) is 0 Å². The summed E-state index contributed by atoms with van der Waals surface area (Å²) in [5.41, 5.74) is 10.3. The molecule has 0 N–H and O–H groups in total. The standard InChI is InChI=1S/C52H31NO/c1-3-10-32(11-4-1)39-23-18-33-21-26-42-40(24-19-34-20-25-41(39)49(33)50(34)42)37-13-9-12-35(30-37)36-22-27-43-46(31-36)53(38-14-5-2-6-15-38)45-28-29-48-52(51(43)45)44-16-7-8-17-47(44)54-48/h1-31H/i1D,3D,4D,10D,11D. The van der Waals surface area contributed by atoms with Crippen LogP contribution in [0.5, 0.6) is 0 Å². The van der Waals surface area contributed by atoms with Gasteiger partial charge in [-0.2, -0.15) is 0 Å². The molecule has 0 bridgehead atoms. The summed E-state index contributed by atoms with van der Waals surface area (Å²) in [5, 5.41) is 10.7. The molecule has 12 aromatic rings. The van der Waals surface area contributed by atoms with E-state index in [1.54, 1.807) is 0 Å². The quantitative estimate of drug-likeness (QED) is 0.168. The second-order valence-corrected chi connectivity index (χ2v) is 14.1. The van der Waals surface area contributed by atoms with Gasteiger partial charge in [-0.05, 0) is 108 Å². The zero-order valence-corrected chi connectivity index (χ0v) is 28.9. The maximum absolute atomic E-state index is 8.75. The number of aromatic nitrogens is 1. The SMILES string of the molecule is [2H]c1c([2H])c([2H])c(-c2ccc3ccc4c(-c5cccc(-c6ccc7c8c9c(ccc8n(-c8ccccc8)c7c6)oc6ccccc69)c5)ccc5ccc2c3c54)c([2H])c1[2H]. The normalized spacial score (nSPS) is 13.4. The third-order valence-electron chi connectivity index (χ3n) is 11.2. The summed E-state index contributed by atoms with van der Waals surface area (Å²) in [6.07, 6.45) is 0. The summed E-state index contributed by atoms with van der Waals surface area (Å²) in [4.78, 5) is 0. The van der Waals surface area contributed by atoms with Crippen molar-refractivity contribution in [3.63, 3.8) is 0 Å². The lowest BCUT2D eigenvalue weighted by molar-refractivity contribution is 0.669. The molecule has 2 heterocycles. The number of benzene rings is 10. The molecule has 0 aliphatic rings. The lowest BCUT2D eigenvalue weighted by Crippen LogP contribution is -1.93. The molecule has 0 aliphatic carbocycles. The van der Waals surface area contributed by atoms with E-state index in [1.807, 2.05) is 30.3 Å². The predicted octanol–water partition coefficient (Wildman–Crippen LogP) is 14.6. The van der Waals surface area contributed by atoms with Crippen LogP contribution in [0.15, 0.2) is 192 Å². The van der Waals surface area contributed by atoms with E-state index in [2.05, 4.69) is 132 Å². The molecule has 0 atom stereocenters. The van der Waals surface area contributed by atoms with Crippen LogP contribution < -0.4 is 0 Å². The molecule has 12 rings (SSSR count). The van der Waals surface area contributed by atoms with Crippen LogP contribution in [-0.2, 0) is 0 Å².